The second kappa shape index (κ2) is 8.39. The first kappa shape index (κ1) is 19.8. The summed E-state index contributed by atoms with van der Waals surface area (Å²) in [6.45, 7) is 7.08. The standard InChI is InChI=1S/C21H24N4O2S/c1-21(2,3)17-8-5-15(6-9-17)13-27-18-10-7-16(11-19(18)26-4)12-23-25-14-22-24-20(25)28/h5-12,14H,13H2,1-4H3,(H,24,28). The zero-order valence-corrected chi connectivity index (χ0v) is 17.3. The van der Waals surface area contributed by atoms with Crippen LogP contribution in [-0.4, -0.2) is 28.2 Å². The maximum absolute atomic E-state index is 5.96. The number of aromatic nitrogens is 3. The lowest BCUT2D eigenvalue weighted by atomic mass is 9.87. The summed E-state index contributed by atoms with van der Waals surface area (Å²) in [6, 6.07) is 14.1. The maximum atomic E-state index is 5.96. The van der Waals surface area contributed by atoms with Crippen molar-refractivity contribution >= 4 is 18.4 Å². The number of benzene rings is 2. The Hall–Kier alpha value is -2.93. The molecule has 0 radical (unpaired) electrons. The minimum absolute atomic E-state index is 0.140. The number of ether oxygens (including phenoxy) is 2. The van der Waals surface area contributed by atoms with Gasteiger partial charge in [-0.3, -0.25) is 5.10 Å². The van der Waals surface area contributed by atoms with Crippen LogP contribution >= 0.6 is 12.2 Å². The smallest absolute Gasteiger partial charge is 0.216 e. The third-order valence-corrected chi connectivity index (χ3v) is 4.55. The molecule has 0 bridgehead atoms. The third-order valence-electron chi connectivity index (χ3n) is 4.27. The minimum atomic E-state index is 0.140. The van der Waals surface area contributed by atoms with Crippen molar-refractivity contribution in [2.75, 3.05) is 7.11 Å². The van der Waals surface area contributed by atoms with Gasteiger partial charge >= 0.3 is 0 Å². The monoisotopic (exact) mass is 396 g/mol. The van der Waals surface area contributed by atoms with Gasteiger partial charge in [0.15, 0.2) is 11.5 Å². The molecule has 0 aliphatic heterocycles. The van der Waals surface area contributed by atoms with Gasteiger partial charge in [-0.1, -0.05) is 45.0 Å². The van der Waals surface area contributed by atoms with Crippen LogP contribution in [0, 0.1) is 4.77 Å². The summed E-state index contributed by atoms with van der Waals surface area (Å²) in [6.07, 6.45) is 3.20. The Morgan fingerprint density at radius 1 is 1.14 bits per heavy atom. The van der Waals surface area contributed by atoms with Gasteiger partial charge in [0.2, 0.25) is 4.77 Å². The predicted octanol–water partition coefficient (Wildman–Crippen LogP) is 4.71. The first-order chi connectivity index (χ1) is 13.4. The van der Waals surface area contributed by atoms with Crippen LogP contribution in [0.3, 0.4) is 0 Å². The zero-order chi connectivity index (χ0) is 20.1. The molecule has 7 heteroatoms. The number of rotatable bonds is 6. The van der Waals surface area contributed by atoms with Crippen LogP contribution < -0.4 is 9.47 Å². The molecular formula is C21H24N4O2S. The molecular weight excluding hydrogens is 372 g/mol. The SMILES string of the molecule is COc1cc(C=Nn2cn[nH]c2=S)ccc1OCc1ccc(C(C)(C)C)cc1. The van der Waals surface area contributed by atoms with Crippen molar-refractivity contribution in [1.82, 2.24) is 14.9 Å². The van der Waals surface area contributed by atoms with Gasteiger partial charge in [0.1, 0.15) is 12.9 Å². The van der Waals surface area contributed by atoms with E-state index in [0.717, 1.165) is 11.1 Å². The summed E-state index contributed by atoms with van der Waals surface area (Å²) in [5.74, 6) is 1.32. The van der Waals surface area contributed by atoms with Crippen molar-refractivity contribution in [2.24, 2.45) is 5.10 Å². The third kappa shape index (κ3) is 4.86. The second-order valence-corrected chi connectivity index (χ2v) is 7.78. The average molecular weight is 397 g/mol. The van der Waals surface area contributed by atoms with Crippen LogP contribution in [-0.2, 0) is 12.0 Å². The number of hydrogen-bond acceptors (Lipinski definition) is 5. The van der Waals surface area contributed by atoms with E-state index < -0.39 is 0 Å². The highest BCUT2D eigenvalue weighted by Crippen LogP contribution is 2.29. The van der Waals surface area contributed by atoms with Crippen LogP contribution in [0.25, 0.3) is 0 Å². The highest BCUT2D eigenvalue weighted by molar-refractivity contribution is 7.71. The Kier molecular flexibility index (Phi) is 5.94. The zero-order valence-electron chi connectivity index (χ0n) is 16.5. The van der Waals surface area contributed by atoms with Gasteiger partial charge in [0.25, 0.3) is 0 Å². The molecule has 0 aliphatic carbocycles. The fraction of sp³-hybridized carbons (Fsp3) is 0.286. The number of nitrogens with zero attached hydrogens (tertiary/aromatic N) is 3. The van der Waals surface area contributed by atoms with Crippen molar-refractivity contribution < 1.29 is 9.47 Å². The lowest BCUT2D eigenvalue weighted by Crippen LogP contribution is -2.10. The van der Waals surface area contributed by atoms with Gasteiger partial charge in [-0.15, -0.1) is 0 Å². The summed E-state index contributed by atoms with van der Waals surface area (Å²) in [5, 5.41) is 10.7. The molecule has 0 fully saturated rings. The van der Waals surface area contributed by atoms with Gasteiger partial charge < -0.3 is 9.47 Å². The molecule has 146 valence electrons. The minimum Gasteiger partial charge on any atom is -0.493 e. The lowest BCUT2D eigenvalue weighted by molar-refractivity contribution is 0.284. The molecule has 0 saturated heterocycles. The van der Waals surface area contributed by atoms with Crippen LogP contribution in [0.5, 0.6) is 11.5 Å². The topological polar surface area (TPSA) is 64.4 Å². The fourth-order valence-electron chi connectivity index (χ4n) is 2.60. The Morgan fingerprint density at radius 3 is 2.50 bits per heavy atom. The molecule has 6 nitrogen and oxygen atoms in total. The van der Waals surface area contributed by atoms with Crippen LogP contribution in [0.15, 0.2) is 53.9 Å². The van der Waals surface area contributed by atoms with E-state index in [-0.39, 0.29) is 5.41 Å². The first-order valence-electron chi connectivity index (χ1n) is 8.93. The summed E-state index contributed by atoms with van der Waals surface area (Å²) in [5.41, 5.74) is 3.41. The Balaban J connectivity index is 1.69. The maximum Gasteiger partial charge on any atom is 0.216 e. The molecule has 0 atom stereocenters. The van der Waals surface area contributed by atoms with Gasteiger partial charge in [-0.2, -0.15) is 14.9 Å². The predicted molar refractivity (Wildman–Crippen MR) is 113 cm³/mol. The van der Waals surface area contributed by atoms with Crippen molar-refractivity contribution in [2.45, 2.75) is 32.8 Å². The van der Waals surface area contributed by atoms with Crippen molar-refractivity contribution in [3.8, 4) is 11.5 Å². The number of methoxy groups -OCH3 is 1. The second-order valence-electron chi connectivity index (χ2n) is 7.40. The van der Waals surface area contributed by atoms with Crippen LogP contribution in [0.2, 0.25) is 0 Å². The van der Waals surface area contributed by atoms with E-state index in [0.29, 0.717) is 22.9 Å². The van der Waals surface area contributed by atoms with E-state index in [4.69, 9.17) is 21.7 Å². The first-order valence-corrected chi connectivity index (χ1v) is 9.34. The normalized spacial score (nSPS) is 11.7. The average Bonchev–Trinajstić information content (AvgIpc) is 3.09. The van der Waals surface area contributed by atoms with E-state index in [9.17, 15) is 0 Å². The Bertz CT molecular complexity index is 1010. The van der Waals surface area contributed by atoms with Crippen molar-refractivity contribution in [1.29, 1.82) is 0 Å². The molecule has 1 N–H and O–H groups in total. The molecule has 1 heterocycles. The van der Waals surface area contributed by atoms with Gasteiger partial charge in [-0.05, 0) is 52.5 Å². The molecule has 28 heavy (non-hydrogen) atoms. The van der Waals surface area contributed by atoms with E-state index in [2.05, 4.69) is 60.3 Å². The van der Waals surface area contributed by atoms with E-state index in [1.807, 2.05) is 18.2 Å². The number of aromatic amines is 1. The molecule has 0 aliphatic rings. The van der Waals surface area contributed by atoms with E-state index in [1.54, 1.807) is 13.3 Å². The fourth-order valence-corrected chi connectivity index (χ4v) is 2.75. The molecule has 3 aromatic rings. The van der Waals surface area contributed by atoms with Crippen LogP contribution in [0.4, 0.5) is 0 Å². The van der Waals surface area contributed by atoms with E-state index in [1.165, 1.54) is 16.6 Å². The molecule has 0 amide bonds. The van der Waals surface area contributed by atoms with E-state index >= 15 is 0 Å². The van der Waals surface area contributed by atoms with Gasteiger partial charge in [0.05, 0.1) is 13.3 Å². The molecule has 3 rings (SSSR count). The molecule has 0 unspecified atom stereocenters. The Labute approximate surface area is 169 Å². The van der Waals surface area contributed by atoms with Crippen LogP contribution in [0.1, 0.15) is 37.5 Å². The summed E-state index contributed by atoms with van der Waals surface area (Å²) >= 11 is 5.07. The lowest BCUT2D eigenvalue weighted by Gasteiger charge is -2.19. The highest BCUT2D eigenvalue weighted by atomic mass is 32.1. The Morgan fingerprint density at radius 2 is 1.89 bits per heavy atom. The molecule has 0 spiro atoms. The molecule has 0 saturated carbocycles. The molecule has 2 aromatic carbocycles. The van der Waals surface area contributed by atoms with Crippen molar-refractivity contribution in [3.63, 3.8) is 0 Å². The number of nitrogens with one attached hydrogen (secondary N) is 1. The molecule has 1 aromatic heterocycles. The largest absolute Gasteiger partial charge is 0.493 e. The number of H-pyrrole nitrogens is 1. The summed E-state index contributed by atoms with van der Waals surface area (Å²) in [7, 11) is 1.62. The summed E-state index contributed by atoms with van der Waals surface area (Å²) < 4.78 is 13.3. The number of hydrogen-bond donors (Lipinski definition) is 1. The van der Waals surface area contributed by atoms with Gasteiger partial charge in [0, 0.05) is 0 Å². The van der Waals surface area contributed by atoms with Gasteiger partial charge in [-0.25, -0.2) is 0 Å². The highest BCUT2D eigenvalue weighted by Gasteiger charge is 2.13. The quantitative estimate of drug-likeness (QED) is 0.484. The van der Waals surface area contributed by atoms with Crippen molar-refractivity contribution in [3.05, 3.63) is 70.3 Å². The summed E-state index contributed by atoms with van der Waals surface area (Å²) in [4.78, 5) is 0.